The summed E-state index contributed by atoms with van der Waals surface area (Å²) in [4.78, 5) is 0. The molecule has 0 saturated heterocycles. The molecule has 0 amide bonds. The predicted octanol–water partition coefficient (Wildman–Crippen LogP) is 0.806. The van der Waals surface area contributed by atoms with Crippen molar-refractivity contribution in [1.82, 2.24) is 12.3 Å². The summed E-state index contributed by atoms with van der Waals surface area (Å²) < 4.78 is 27.3. The zero-order chi connectivity index (χ0) is 5.91. The van der Waals surface area contributed by atoms with Gasteiger partial charge in [0.05, 0.1) is 5.75 Å². The summed E-state index contributed by atoms with van der Waals surface area (Å²) in [6.07, 6.45) is 1.12. The van der Waals surface area contributed by atoms with Gasteiger partial charge < -0.3 is 12.3 Å². The van der Waals surface area contributed by atoms with E-state index in [0.29, 0.717) is 0 Å². The molecule has 0 fully saturated rings. The highest BCUT2D eigenvalue weighted by Gasteiger charge is 1.95. The van der Waals surface area contributed by atoms with Gasteiger partial charge in [0.25, 0.3) is 10.1 Å². The maximum atomic E-state index is 9.72. The highest BCUT2D eigenvalue weighted by molar-refractivity contribution is 7.85. The van der Waals surface area contributed by atoms with Crippen molar-refractivity contribution in [3.63, 3.8) is 0 Å². The van der Waals surface area contributed by atoms with Crippen LogP contribution in [-0.2, 0) is 10.1 Å². The van der Waals surface area contributed by atoms with Crippen LogP contribution in [0.3, 0.4) is 0 Å². The third-order valence-corrected chi connectivity index (χ3v) is 0.985. The summed E-state index contributed by atoms with van der Waals surface area (Å²) >= 11 is 0. The fourth-order valence-electron chi connectivity index (χ4n) is 0.149. The van der Waals surface area contributed by atoms with Crippen molar-refractivity contribution in [1.29, 1.82) is 0 Å². The third kappa shape index (κ3) is 24.8. The van der Waals surface area contributed by atoms with Crippen molar-refractivity contribution in [2.75, 3.05) is 5.75 Å². The largest absolute Gasteiger partial charge is 0.344 e. The summed E-state index contributed by atoms with van der Waals surface area (Å²) in [5, 5.41) is 0. The molecule has 7 heteroatoms. The standard InChI is InChI=1S/C3H6O3S.ClH.2H3N/c1-2-3-7(4,5)6;;;/h2H,1,3H2,(H,4,5,6);1H;2*1H3. The van der Waals surface area contributed by atoms with Gasteiger partial charge in [-0.05, 0) is 0 Å². The van der Waals surface area contributed by atoms with Gasteiger partial charge in [0.15, 0.2) is 0 Å². The van der Waals surface area contributed by atoms with Crippen LogP contribution in [0.2, 0.25) is 0 Å². The van der Waals surface area contributed by atoms with E-state index in [1.54, 1.807) is 0 Å². The highest BCUT2D eigenvalue weighted by Crippen LogP contribution is 1.78. The molecule has 0 aromatic rings. The van der Waals surface area contributed by atoms with E-state index in [1.165, 1.54) is 0 Å². The number of hydrogen-bond donors (Lipinski definition) is 3. The topological polar surface area (TPSA) is 124 Å². The second-order valence-corrected chi connectivity index (χ2v) is 2.53. The lowest BCUT2D eigenvalue weighted by atomic mass is 10.8. The smallest absolute Gasteiger partial charge is 0.268 e. The molecule has 66 valence electrons. The molecule has 0 atom stereocenters. The summed E-state index contributed by atoms with van der Waals surface area (Å²) in [6.45, 7) is 3.11. The van der Waals surface area contributed by atoms with Gasteiger partial charge in [-0.2, -0.15) is 8.42 Å². The summed E-state index contributed by atoms with van der Waals surface area (Å²) in [5.74, 6) is -0.368. The van der Waals surface area contributed by atoms with Crippen molar-refractivity contribution >= 4 is 22.5 Å². The molecule has 0 aromatic heterocycles. The van der Waals surface area contributed by atoms with Gasteiger partial charge in [0, 0.05) is 0 Å². The van der Waals surface area contributed by atoms with Crippen LogP contribution in [0.4, 0.5) is 0 Å². The van der Waals surface area contributed by atoms with Crippen LogP contribution in [0.5, 0.6) is 0 Å². The molecule has 0 aliphatic heterocycles. The lowest BCUT2D eigenvalue weighted by Gasteiger charge is -1.82. The number of halogens is 1. The quantitative estimate of drug-likeness (QED) is 0.441. The lowest BCUT2D eigenvalue weighted by molar-refractivity contribution is 0.487. The van der Waals surface area contributed by atoms with Gasteiger partial charge in [-0.1, -0.05) is 6.08 Å². The van der Waals surface area contributed by atoms with E-state index in [2.05, 4.69) is 6.58 Å². The van der Waals surface area contributed by atoms with Gasteiger partial charge in [0.2, 0.25) is 0 Å². The van der Waals surface area contributed by atoms with E-state index in [9.17, 15) is 8.42 Å². The SMILES string of the molecule is C=CCS(=O)(=O)O.Cl.N.N. The van der Waals surface area contributed by atoms with Crippen molar-refractivity contribution in [2.45, 2.75) is 0 Å². The molecule has 0 radical (unpaired) electrons. The molecule has 10 heavy (non-hydrogen) atoms. The van der Waals surface area contributed by atoms with E-state index in [4.69, 9.17) is 4.55 Å². The van der Waals surface area contributed by atoms with Crippen LogP contribution in [0.15, 0.2) is 12.7 Å². The van der Waals surface area contributed by atoms with Gasteiger partial charge in [-0.3, -0.25) is 4.55 Å². The molecule has 5 nitrogen and oxygen atoms in total. The van der Waals surface area contributed by atoms with E-state index < -0.39 is 10.1 Å². The Hall–Kier alpha value is -0.140. The molecule has 0 rings (SSSR count). The normalized spacial score (nSPS) is 7.70. The van der Waals surface area contributed by atoms with Crippen LogP contribution >= 0.6 is 12.4 Å². The summed E-state index contributed by atoms with van der Waals surface area (Å²) in [5.41, 5.74) is 0. The molecular weight excluding hydrogens is 180 g/mol. The summed E-state index contributed by atoms with van der Waals surface area (Å²) in [7, 11) is -3.79. The van der Waals surface area contributed by atoms with Gasteiger partial charge in [0.1, 0.15) is 0 Å². The molecule has 0 aliphatic rings. The fraction of sp³-hybridized carbons (Fsp3) is 0.333. The van der Waals surface area contributed by atoms with E-state index >= 15 is 0 Å². The first-order valence-corrected chi connectivity index (χ1v) is 3.23. The maximum Gasteiger partial charge on any atom is 0.268 e. The number of rotatable bonds is 2. The minimum Gasteiger partial charge on any atom is -0.344 e. The van der Waals surface area contributed by atoms with Crippen molar-refractivity contribution in [3.05, 3.63) is 12.7 Å². The molecule has 0 spiro atoms. The lowest BCUT2D eigenvalue weighted by Crippen LogP contribution is -1.99. The Morgan fingerprint density at radius 3 is 1.70 bits per heavy atom. The van der Waals surface area contributed by atoms with Crippen LogP contribution in [0.1, 0.15) is 0 Å². The minimum atomic E-state index is -3.79. The molecule has 0 unspecified atom stereocenters. The number of hydrogen-bond acceptors (Lipinski definition) is 4. The molecule has 0 bridgehead atoms. The molecular formula is C3H13ClN2O3S. The predicted molar refractivity (Wildman–Crippen MR) is 43.9 cm³/mol. The first-order chi connectivity index (χ1) is 3.06. The molecule has 7 N–H and O–H groups in total. The Labute approximate surface area is 66.8 Å². The van der Waals surface area contributed by atoms with Gasteiger partial charge in [-0.15, -0.1) is 19.0 Å². The molecule has 0 aromatic carbocycles. The first-order valence-electron chi connectivity index (χ1n) is 1.62. The third-order valence-electron chi connectivity index (χ3n) is 0.328. The Bertz CT molecular complexity index is 155. The summed E-state index contributed by atoms with van der Waals surface area (Å²) in [6, 6.07) is 0. The van der Waals surface area contributed by atoms with E-state index in [1.807, 2.05) is 0 Å². The monoisotopic (exact) mass is 192 g/mol. The van der Waals surface area contributed by atoms with Crippen LogP contribution in [0, 0.1) is 0 Å². The Balaban J connectivity index is -0.0000000600. The fourth-order valence-corrected chi connectivity index (χ4v) is 0.447. The second-order valence-electron chi connectivity index (χ2n) is 1.04. The van der Waals surface area contributed by atoms with Crippen molar-refractivity contribution in [3.8, 4) is 0 Å². The van der Waals surface area contributed by atoms with Gasteiger partial charge in [-0.25, -0.2) is 0 Å². The zero-order valence-electron chi connectivity index (χ0n) is 5.49. The van der Waals surface area contributed by atoms with Crippen LogP contribution in [-0.4, -0.2) is 18.7 Å². The average molecular weight is 193 g/mol. The second kappa shape index (κ2) is 8.86. The van der Waals surface area contributed by atoms with Crippen LogP contribution in [0.25, 0.3) is 0 Å². The first kappa shape index (κ1) is 22.5. The van der Waals surface area contributed by atoms with Crippen molar-refractivity contribution < 1.29 is 13.0 Å². The van der Waals surface area contributed by atoms with Crippen LogP contribution < -0.4 is 12.3 Å². The van der Waals surface area contributed by atoms with Gasteiger partial charge >= 0.3 is 0 Å². The zero-order valence-corrected chi connectivity index (χ0v) is 7.12. The van der Waals surface area contributed by atoms with E-state index in [0.717, 1.165) is 6.08 Å². The Morgan fingerprint density at radius 1 is 1.40 bits per heavy atom. The average Bonchev–Trinajstić information content (AvgIpc) is 1.30. The molecule has 0 aliphatic carbocycles. The minimum absolute atomic E-state index is 0. The highest BCUT2D eigenvalue weighted by atomic mass is 35.5. The maximum absolute atomic E-state index is 9.72. The Kier molecular flexibility index (Phi) is 20.0. The molecule has 0 saturated carbocycles. The van der Waals surface area contributed by atoms with Crippen molar-refractivity contribution in [2.24, 2.45) is 0 Å². The Morgan fingerprint density at radius 2 is 1.70 bits per heavy atom. The molecule has 0 heterocycles. The van der Waals surface area contributed by atoms with E-state index in [-0.39, 0.29) is 30.5 Å².